The first-order valence-electron chi connectivity index (χ1n) is 5.90. The summed E-state index contributed by atoms with van der Waals surface area (Å²) in [5.74, 6) is 0.171. The van der Waals surface area contributed by atoms with E-state index in [1.807, 2.05) is 0 Å². The number of halogens is 2. The van der Waals surface area contributed by atoms with Crippen LogP contribution < -0.4 is 5.32 Å². The smallest absolute Gasteiger partial charge is 0.123 e. The van der Waals surface area contributed by atoms with Crippen LogP contribution >= 0.6 is 11.6 Å². The molecule has 16 heavy (non-hydrogen) atoms. The molecule has 1 aromatic rings. The Balaban J connectivity index is 2.25. The highest BCUT2D eigenvalue weighted by atomic mass is 35.5. The SMILES string of the molecule is CCNC1CCCC1c1cc(F)ccc1Cl. The molecule has 0 aromatic heterocycles. The number of hydrogen-bond donors (Lipinski definition) is 1. The van der Waals surface area contributed by atoms with E-state index in [-0.39, 0.29) is 5.82 Å². The zero-order chi connectivity index (χ0) is 11.5. The van der Waals surface area contributed by atoms with Crippen LogP contribution in [0.15, 0.2) is 18.2 Å². The van der Waals surface area contributed by atoms with Crippen LogP contribution in [0.1, 0.15) is 37.7 Å². The van der Waals surface area contributed by atoms with Crippen LogP contribution in [0.5, 0.6) is 0 Å². The van der Waals surface area contributed by atoms with Crippen LogP contribution in [0.25, 0.3) is 0 Å². The largest absolute Gasteiger partial charge is 0.314 e. The average molecular weight is 242 g/mol. The quantitative estimate of drug-likeness (QED) is 0.851. The fourth-order valence-electron chi connectivity index (χ4n) is 2.64. The van der Waals surface area contributed by atoms with Crippen LogP contribution in [0.3, 0.4) is 0 Å². The number of rotatable bonds is 3. The van der Waals surface area contributed by atoms with Gasteiger partial charge in [-0.1, -0.05) is 24.9 Å². The van der Waals surface area contributed by atoms with Crippen LogP contribution in [0.2, 0.25) is 5.02 Å². The van der Waals surface area contributed by atoms with Gasteiger partial charge in [0.1, 0.15) is 5.82 Å². The van der Waals surface area contributed by atoms with Crippen molar-refractivity contribution in [2.24, 2.45) is 0 Å². The minimum atomic E-state index is -0.193. The zero-order valence-electron chi connectivity index (χ0n) is 9.47. The number of hydrogen-bond acceptors (Lipinski definition) is 1. The molecule has 1 nitrogen and oxygen atoms in total. The molecule has 0 amide bonds. The maximum Gasteiger partial charge on any atom is 0.123 e. The summed E-state index contributed by atoms with van der Waals surface area (Å²) in [6.45, 7) is 3.05. The average Bonchev–Trinajstić information content (AvgIpc) is 2.70. The molecule has 0 spiro atoms. The normalized spacial score (nSPS) is 24.9. The van der Waals surface area contributed by atoms with Gasteiger partial charge in [0.15, 0.2) is 0 Å². The Kier molecular flexibility index (Phi) is 3.82. The van der Waals surface area contributed by atoms with Gasteiger partial charge in [-0.25, -0.2) is 4.39 Å². The van der Waals surface area contributed by atoms with Crippen molar-refractivity contribution >= 4 is 11.6 Å². The molecule has 88 valence electrons. The van der Waals surface area contributed by atoms with Gasteiger partial charge in [-0.15, -0.1) is 0 Å². The maximum atomic E-state index is 13.2. The summed E-state index contributed by atoms with van der Waals surface area (Å²) in [6, 6.07) is 5.11. The first-order chi connectivity index (χ1) is 7.72. The molecule has 1 fully saturated rings. The summed E-state index contributed by atoms with van der Waals surface area (Å²) in [7, 11) is 0. The van der Waals surface area contributed by atoms with E-state index in [0.717, 1.165) is 24.9 Å². The standard InChI is InChI=1S/C13H17ClFN/c1-2-16-13-5-3-4-10(13)11-8-9(15)6-7-12(11)14/h6-8,10,13,16H,2-5H2,1H3. The summed E-state index contributed by atoms with van der Waals surface area (Å²) in [6.07, 6.45) is 3.45. The Morgan fingerprint density at radius 1 is 1.44 bits per heavy atom. The van der Waals surface area contributed by atoms with E-state index in [4.69, 9.17) is 11.6 Å². The van der Waals surface area contributed by atoms with Crippen molar-refractivity contribution in [3.8, 4) is 0 Å². The van der Waals surface area contributed by atoms with Crippen LogP contribution in [-0.4, -0.2) is 12.6 Å². The lowest BCUT2D eigenvalue weighted by molar-refractivity contribution is 0.490. The van der Waals surface area contributed by atoms with E-state index < -0.39 is 0 Å². The summed E-state index contributed by atoms with van der Waals surface area (Å²) in [5, 5.41) is 4.15. The first kappa shape index (κ1) is 11.9. The van der Waals surface area contributed by atoms with Gasteiger partial charge in [0.25, 0.3) is 0 Å². The molecule has 0 radical (unpaired) electrons. The molecule has 1 aromatic carbocycles. The molecule has 2 unspecified atom stereocenters. The summed E-state index contributed by atoms with van der Waals surface area (Å²) in [5.41, 5.74) is 0.963. The lowest BCUT2D eigenvalue weighted by Crippen LogP contribution is -2.31. The lowest BCUT2D eigenvalue weighted by Gasteiger charge is -2.21. The lowest BCUT2D eigenvalue weighted by atomic mass is 9.94. The summed E-state index contributed by atoms with van der Waals surface area (Å²) >= 11 is 6.15. The first-order valence-corrected chi connectivity index (χ1v) is 6.28. The minimum absolute atomic E-state index is 0.193. The topological polar surface area (TPSA) is 12.0 Å². The number of likely N-dealkylation sites (N-methyl/N-ethyl adjacent to an activating group) is 1. The Hall–Kier alpha value is -0.600. The van der Waals surface area contributed by atoms with Crippen molar-refractivity contribution in [1.29, 1.82) is 0 Å². The Morgan fingerprint density at radius 2 is 2.25 bits per heavy atom. The number of benzene rings is 1. The fourth-order valence-corrected chi connectivity index (χ4v) is 2.90. The van der Waals surface area contributed by atoms with Crippen LogP contribution in [-0.2, 0) is 0 Å². The van der Waals surface area contributed by atoms with E-state index in [0.29, 0.717) is 17.0 Å². The third kappa shape index (κ3) is 2.38. The molecule has 1 aliphatic carbocycles. The molecular formula is C13H17ClFN. The predicted octanol–water partition coefficient (Wildman–Crippen LogP) is 3.72. The van der Waals surface area contributed by atoms with E-state index in [9.17, 15) is 4.39 Å². The van der Waals surface area contributed by atoms with E-state index in [1.54, 1.807) is 12.1 Å². The Labute approximate surface area is 101 Å². The van der Waals surface area contributed by atoms with Gasteiger partial charge in [0.2, 0.25) is 0 Å². The highest BCUT2D eigenvalue weighted by Gasteiger charge is 2.29. The van der Waals surface area contributed by atoms with E-state index in [2.05, 4.69) is 12.2 Å². The molecule has 1 N–H and O–H groups in total. The Morgan fingerprint density at radius 3 is 3.00 bits per heavy atom. The van der Waals surface area contributed by atoms with Crippen molar-refractivity contribution in [2.75, 3.05) is 6.54 Å². The molecular weight excluding hydrogens is 225 g/mol. The maximum absolute atomic E-state index is 13.2. The number of nitrogens with one attached hydrogen (secondary N) is 1. The predicted molar refractivity (Wildman–Crippen MR) is 65.5 cm³/mol. The molecule has 0 aliphatic heterocycles. The van der Waals surface area contributed by atoms with Gasteiger partial charge in [-0.05, 0) is 43.1 Å². The van der Waals surface area contributed by atoms with Gasteiger partial charge in [-0.3, -0.25) is 0 Å². The van der Waals surface area contributed by atoms with E-state index >= 15 is 0 Å². The fraction of sp³-hybridized carbons (Fsp3) is 0.538. The van der Waals surface area contributed by atoms with Crippen molar-refractivity contribution in [3.05, 3.63) is 34.6 Å². The van der Waals surface area contributed by atoms with Crippen LogP contribution in [0.4, 0.5) is 4.39 Å². The van der Waals surface area contributed by atoms with Crippen molar-refractivity contribution in [2.45, 2.75) is 38.1 Å². The highest BCUT2D eigenvalue weighted by molar-refractivity contribution is 6.31. The molecule has 2 atom stereocenters. The zero-order valence-corrected chi connectivity index (χ0v) is 10.2. The van der Waals surface area contributed by atoms with Gasteiger partial charge >= 0.3 is 0 Å². The van der Waals surface area contributed by atoms with Gasteiger partial charge in [-0.2, -0.15) is 0 Å². The van der Waals surface area contributed by atoms with Crippen molar-refractivity contribution in [1.82, 2.24) is 5.32 Å². The second-order valence-electron chi connectivity index (χ2n) is 4.37. The molecule has 0 heterocycles. The monoisotopic (exact) mass is 241 g/mol. The van der Waals surface area contributed by atoms with Gasteiger partial charge < -0.3 is 5.32 Å². The second kappa shape index (κ2) is 5.15. The molecule has 3 heteroatoms. The third-order valence-electron chi connectivity index (χ3n) is 3.34. The summed E-state index contributed by atoms with van der Waals surface area (Å²) < 4.78 is 13.2. The Bertz CT molecular complexity index is 367. The van der Waals surface area contributed by atoms with E-state index in [1.165, 1.54) is 12.5 Å². The highest BCUT2D eigenvalue weighted by Crippen LogP contribution is 2.38. The van der Waals surface area contributed by atoms with Gasteiger partial charge in [0, 0.05) is 17.0 Å². The van der Waals surface area contributed by atoms with Crippen molar-refractivity contribution in [3.63, 3.8) is 0 Å². The van der Waals surface area contributed by atoms with Crippen LogP contribution in [0, 0.1) is 5.82 Å². The molecule has 1 aliphatic rings. The van der Waals surface area contributed by atoms with Gasteiger partial charge in [0.05, 0.1) is 0 Å². The molecule has 0 saturated heterocycles. The second-order valence-corrected chi connectivity index (χ2v) is 4.77. The molecule has 2 rings (SSSR count). The molecule has 0 bridgehead atoms. The summed E-state index contributed by atoms with van der Waals surface area (Å²) in [4.78, 5) is 0. The van der Waals surface area contributed by atoms with Crippen molar-refractivity contribution < 1.29 is 4.39 Å². The third-order valence-corrected chi connectivity index (χ3v) is 3.68. The molecule has 1 saturated carbocycles. The minimum Gasteiger partial charge on any atom is -0.314 e.